The first-order valence-electron chi connectivity index (χ1n) is 5.87. The van der Waals surface area contributed by atoms with E-state index >= 15 is 0 Å². The molecule has 0 radical (unpaired) electrons. The molecule has 1 N–H and O–H groups in total. The minimum atomic E-state index is -4.36. The van der Waals surface area contributed by atoms with Crippen molar-refractivity contribution in [3.63, 3.8) is 0 Å². The van der Waals surface area contributed by atoms with Gasteiger partial charge in [0.05, 0.1) is 5.56 Å². The Balaban J connectivity index is 2.16. The molecule has 1 aromatic carbocycles. The molecule has 0 bridgehead atoms. The standard InChI is InChI=1S/C14H12BrF3N2/c1-9-2-10(7-19-6-9)8-20-13-4-11(14(16,17)18)3-12(15)5-13/h2-7,20H,8H2,1H3. The van der Waals surface area contributed by atoms with E-state index in [2.05, 4.69) is 26.2 Å². The van der Waals surface area contributed by atoms with E-state index in [-0.39, 0.29) is 0 Å². The van der Waals surface area contributed by atoms with Gasteiger partial charge in [-0.15, -0.1) is 0 Å². The van der Waals surface area contributed by atoms with Crippen LogP contribution >= 0.6 is 15.9 Å². The highest BCUT2D eigenvalue weighted by atomic mass is 79.9. The number of nitrogens with zero attached hydrogens (tertiary/aromatic N) is 1. The highest BCUT2D eigenvalue weighted by molar-refractivity contribution is 9.10. The maximum Gasteiger partial charge on any atom is 0.416 e. The first-order valence-corrected chi connectivity index (χ1v) is 6.66. The number of alkyl halides is 3. The van der Waals surface area contributed by atoms with Gasteiger partial charge in [0.1, 0.15) is 0 Å². The van der Waals surface area contributed by atoms with Crippen molar-refractivity contribution in [1.29, 1.82) is 0 Å². The zero-order valence-corrected chi connectivity index (χ0v) is 12.2. The second kappa shape index (κ2) is 5.83. The molecular formula is C14H12BrF3N2. The smallest absolute Gasteiger partial charge is 0.381 e. The van der Waals surface area contributed by atoms with Gasteiger partial charge in [-0.05, 0) is 36.2 Å². The van der Waals surface area contributed by atoms with Crippen molar-refractivity contribution >= 4 is 21.6 Å². The zero-order valence-electron chi connectivity index (χ0n) is 10.6. The van der Waals surface area contributed by atoms with Crippen molar-refractivity contribution in [3.8, 4) is 0 Å². The van der Waals surface area contributed by atoms with Crippen molar-refractivity contribution in [2.45, 2.75) is 19.6 Å². The van der Waals surface area contributed by atoms with Crippen molar-refractivity contribution < 1.29 is 13.2 Å². The van der Waals surface area contributed by atoms with Crippen LogP contribution in [0.15, 0.2) is 41.1 Å². The van der Waals surface area contributed by atoms with Crippen LogP contribution in [0.4, 0.5) is 18.9 Å². The predicted molar refractivity (Wildman–Crippen MR) is 75.4 cm³/mol. The SMILES string of the molecule is Cc1cncc(CNc2cc(Br)cc(C(F)(F)F)c2)c1. The van der Waals surface area contributed by atoms with Crippen LogP contribution in [0.5, 0.6) is 0 Å². The maximum absolute atomic E-state index is 12.7. The largest absolute Gasteiger partial charge is 0.416 e. The third-order valence-electron chi connectivity index (χ3n) is 2.65. The van der Waals surface area contributed by atoms with Gasteiger partial charge in [-0.2, -0.15) is 13.2 Å². The number of pyridine rings is 1. The molecular weight excluding hydrogens is 333 g/mol. The van der Waals surface area contributed by atoms with Gasteiger partial charge in [0.2, 0.25) is 0 Å². The number of hydrogen-bond acceptors (Lipinski definition) is 2. The van der Waals surface area contributed by atoms with Gasteiger partial charge in [-0.3, -0.25) is 4.98 Å². The summed E-state index contributed by atoms with van der Waals surface area (Å²) in [4.78, 5) is 4.04. The lowest BCUT2D eigenvalue weighted by Gasteiger charge is -2.12. The fourth-order valence-electron chi connectivity index (χ4n) is 1.77. The summed E-state index contributed by atoms with van der Waals surface area (Å²) in [5.41, 5.74) is 1.65. The summed E-state index contributed by atoms with van der Waals surface area (Å²) in [7, 11) is 0. The van der Waals surface area contributed by atoms with Crippen molar-refractivity contribution in [2.24, 2.45) is 0 Å². The highest BCUT2D eigenvalue weighted by Gasteiger charge is 2.31. The molecule has 0 aliphatic carbocycles. The third-order valence-corrected chi connectivity index (χ3v) is 3.11. The fraction of sp³-hybridized carbons (Fsp3) is 0.214. The fourth-order valence-corrected chi connectivity index (χ4v) is 2.27. The minimum absolute atomic E-state index is 0.386. The molecule has 2 rings (SSSR count). The van der Waals surface area contributed by atoms with Crippen LogP contribution in [0.25, 0.3) is 0 Å². The van der Waals surface area contributed by atoms with E-state index in [0.29, 0.717) is 16.7 Å². The van der Waals surface area contributed by atoms with Crippen LogP contribution in [-0.4, -0.2) is 4.98 Å². The number of benzene rings is 1. The van der Waals surface area contributed by atoms with Crippen LogP contribution in [0.2, 0.25) is 0 Å². The Morgan fingerprint density at radius 3 is 2.55 bits per heavy atom. The summed E-state index contributed by atoms with van der Waals surface area (Å²) in [6, 6.07) is 5.69. The average Bonchev–Trinajstić information content (AvgIpc) is 2.35. The molecule has 0 aliphatic heterocycles. The summed E-state index contributed by atoms with van der Waals surface area (Å²) in [5, 5.41) is 2.97. The van der Waals surface area contributed by atoms with Crippen LogP contribution in [0, 0.1) is 6.92 Å². The molecule has 106 valence electrons. The lowest BCUT2D eigenvalue weighted by molar-refractivity contribution is -0.137. The summed E-state index contributed by atoms with van der Waals surface area (Å²) in [6.07, 6.45) is -0.946. The van der Waals surface area contributed by atoms with Gasteiger partial charge in [0.15, 0.2) is 0 Å². The van der Waals surface area contributed by atoms with Gasteiger partial charge < -0.3 is 5.32 Å². The van der Waals surface area contributed by atoms with E-state index in [9.17, 15) is 13.2 Å². The van der Waals surface area contributed by atoms with E-state index in [1.807, 2.05) is 13.0 Å². The Kier molecular flexibility index (Phi) is 4.32. The molecule has 0 aliphatic rings. The van der Waals surface area contributed by atoms with Crippen LogP contribution in [-0.2, 0) is 12.7 Å². The van der Waals surface area contributed by atoms with Crippen molar-refractivity contribution in [1.82, 2.24) is 4.98 Å². The number of anilines is 1. The lowest BCUT2D eigenvalue weighted by atomic mass is 10.2. The Morgan fingerprint density at radius 2 is 1.90 bits per heavy atom. The molecule has 2 aromatic rings. The van der Waals surface area contributed by atoms with Crippen molar-refractivity contribution in [2.75, 3.05) is 5.32 Å². The second-order valence-corrected chi connectivity index (χ2v) is 5.37. The van der Waals surface area contributed by atoms with Gasteiger partial charge in [0.25, 0.3) is 0 Å². The quantitative estimate of drug-likeness (QED) is 0.866. The summed E-state index contributed by atoms with van der Waals surface area (Å²) < 4.78 is 38.5. The first-order chi connectivity index (χ1) is 9.34. The minimum Gasteiger partial charge on any atom is -0.381 e. The summed E-state index contributed by atoms with van der Waals surface area (Å²) in [5.74, 6) is 0. The normalized spacial score (nSPS) is 11.4. The van der Waals surface area contributed by atoms with E-state index < -0.39 is 11.7 Å². The Hall–Kier alpha value is -1.56. The van der Waals surface area contributed by atoms with Crippen LogP contribution < -0.4 is 5.32 Å². The average molecular weight is 345 g/mol. The number of aryl methyl sites for hydroxylation is 1. The molecule has 0 fully saturated rings. The van der Waals surface area contributed by atoms with Gasteiger partial charge in [-0.1, -0.05) is 22.0 Å². The molecule has 20 heavy (non-hydrogen) atoms. The summed E-state index contributed by atoms with van der Waals surface area (Å²) >= 11 is 3.09. The van der Waals surface area contributed by atoms with E-state index in [1.54, 1.807) is 18.5 Å². The van der Waals surface area contributed by atoms with Gasteiger partial charge in [0, 0.05) is 29.1 Å². The molecule has 1 aromatic heterocycles. The molecule has 2 nitrogen and oxygen atoms in total. The molecule has 1 heterocycles. The number of aromatic nitrogens is 1. The zero-order chi connectivity index (χ0) is 14.8. The molecule has 0 spiro atoms. The molecule has 0 atom stereocenters. The van der Waals surface area contributed by atoms with Crippen LogP contribution in [0.1, 0.15) is 16.7 Å². The van der Waals surface area contributed by atoms with Crippen LogP contribution in [0.3, 0.4) is 0 Å². The molecule has 0 saturated carbocycles. The van der Waals surface area contributed by atoms with E-state index in [0.717, 1.165) is 23.3 Å². The van der Waals surface area contributed by atoms with E-state index in [1.165, 1.54) is 0 Å². The number of hydrogen-bond donors (Lipinski definition) is 1. The van der Waals surface area contributed by atoms with Gasteiger partial charge >= 0.3 is 6.18 Å². The predicted octanol–water partition coefficient (Wildman–Crippen LogP) is 4.78. The van der Waals surface area contributed by atoms with E-state index in [4.69, 9.17) is 0 Å². The highest BCUT2D eigenvalue weighted by Crippen LogP contribution is 2.33. The second-order valence-electron chi connectivity index (χ2n) is 4.45. The van der Waals surface area contributed by atoms with Gasteiger partial charge in [-0.25, -0.2) is 0 Å². The molecule has 6 heteroatoms. The number of nitrogens with one attached hydrogen (secondary N) is 1. The summed E-state index contributed by atoms with van der Waals surface area (Å²) in [6.45, 7) is 2.33. The number of rotatable bonds is 3. The Bertz CT molecular complexity index is 612. The lowest BCUT2D eigenvalue weighted by Crippen LogP contribution is -2.07. The third kappa shape index (κ3) is 3.96. The maximum atomic E-state index is 12.7. The number of halogens is 4. The topological polar surface area (TPSA) is 24.9 Å². The monoisotopic (exact) mass is 344 g/mol. The molecule has 0 amide bonds. The Labute approximate surface area is 123 Å². The molecule has 0 saturated heterocycles. The van der Waals surface area contributed by atoms with Crippen molar-refractivity contribution in [3.05, 3.63) is 57.8 Å². The molecule has 0 unspecified atom stereocenters. The first kappa shape index (κ1) is 14.8. The Morgan fingerprint density at radius 1 is 1.15 bits per heavy atom.